The molecule has 1 N–H and O–H groups in total. The van der Waals surface area contributed by atoms with Gasteiger partial charge < -0.3 is 5.32 Å². The lowest BCUT2D eigenvalue weighted by atomic mass is 10.2. The molecule has 0 unspecified atom stereocenters. The maximum atomic E-state index is 4.24. The van der Waals surface area contributed by atoms with Gasteiger partial charge in [0.2, 0.25) is 0 Å². The number of aryl methyl sites for hydroxylation is 1. The third-order valence-electron chi connectivity index (χ3n) is 2.42. The highest BCUT2D eigenvalue weighted by atomic mass is 32.2. The summed E-state index contributed by atoms with van der Waals surface area (Å²) in [5, 5.41) is 4.63. The molecule has 0 spiro atoms. The van der Waals surface area contributed by atoms with Crippen LogP contribution in [-0.4, -0.2) is 23.5 Å². The van der Waals surface area contributed by atoms with Gasteiger partial charge in [-0.1, -0.05) is 12.8 Å². The van der Waals surface area contributed by atoms with Crippen molar-refractivity contribution in [3.63, 3.8) is 0 Å². The number of aromatic nitrogens is 1. The van der Waals surface area contributed by atoms with Gasteiger partial charge in [-0.05, 0) is 38.3 Å². The predicted molar refractivity (Wildman–Crippen MR) is 75.4 cm³/mol. The molecule has 4 heteroatoms. The fraction of sp³-hybridized carbons (Fsp3) is 0.750. The van der Waals surface area contributed by atoms with Gasteiger partial charge in [0, 0.05) is 17.6 Å². The first kappa shape index (κ1) is 14.0. The van der Waals surface area contributed by atoms with E-state index >= 15 is 0 Å². The number of hydrogen-bond acceptors (Lipinski definition) is 4. The molecule has 0 radical (unpaired) electrons. The second kappa shape index (κ2) is 9.02. The summed E-state index contributed by atoms with van der Waals surface area (Å²) in [5.74, 6) is 1.31. The predicted octanol–water partition coefficient (Wildman–Crippen LogP) is 3.46. The zero-order valence-electron chi connectivity index (χ0n) is 10.3. The summed E-state index contributed by atoms with van der Waals surface area (Å²) in [6, 6.07) is 0. The molecule has 0 saturated heterocycles. The van der Waals surface area contributed by atoms with Crippen LogP contribution in [0.15, 0.2) is 6.20 Å². The topological polar surface area (TPSA) is 24.9 Å². The van der Waals surface area contributed by atoms with E-state index in [1.807, 2.05) is 18.0 Å². The Morgan fingerprint density at radius 2 is 2.12 bits per heavy atom. The van der Waals surface area contributed by atoms with E-state index in [1.165, 1.54) is 36.3 Å². The number of nitrogens with zero attached hydrogens (tertiary/aromatic N) is 1. The van der Waals surface area contributed by atoms with Gasteiger partial charge >= 0.3 is 0 Å². The molecule has 0 atom stereocenters. The largest absolute Gasteiger partial charge is 0.312 e. The first-order chi connectivity index (χ1) is 7.83. The van der Waals surface area contributed by atoms with Gasteiger partial charge in [-0.25, -0.2) is 4.98 Å². The van der Waals surface area contributed by atoms with Gasteiger partial charge in [0.1, 0.15) is 0 Å². The van der Waals surface area contributed by atoms with Crippen LogP contribution in [0.5, 0.6) is 0 Å². The molecule has 92 valence electrons. The van der Waals surface area contributed by atoms with Crippen molar-refractivity contribution < 1.29 is 0 Å². The van der Waals surface area contributed by atoms with Crippen molar-refractivity contribution in [2.45, 2.75) is 39.2 Å². The molecule has 0 aliphatic heterocycles. The molecule has 1 aromatic heterocycles. The smallest absolute Gasteiger partial charge is 0.0897 e. The van der Waals surface area contributed by atoms with Crippen LogP contribution in [0.3, 0.4) is 0 Å². The van der Waals surface area contributed by atoms with Crippen molar-refractivity contribution in [1.29, 1.82) is 0 Å². The molecular weight excluding hydrogens is 236 g/mol. The lowest BCUT2D eigenvalue weighted by molar-refractivity contribution is 0.602. The number of thioether (sulfide) groups is 1. The van der Waals surface area contributed by atoms with Crippen molar-refractivity contribution in [2.75, 3.05) is 18.6 Å². The molecule has 1 heterocycles. The second-order valence-corrected chi connectivity index (χ2v) is 6.23. The SMILES string of the molecule is CSCCCCCCNCc1cnc(C)s1. The van der Waals surface area contributed by atoms with Crippen LogP contribution >= 0.6 is 23.1 Å². The van der Waals surface area contributed by atoms with Crippen LogP contribution in [0.25, 0.3) is 0 Å². The number of rotatable bonds is 9. The second-order valence-electron chi connectivity index (χ2n) is 3.93. The molecule has 0 amide bonds. The average Bonchev–Trinajstić information content (AvgIpc) is 2.68. The van der Waals surface area contributed by atoms with Gasteiger partial charge in [-0.15, -0.1) is 11.3 Å². The minimum Gasteiger partial charge on any atom is -0.312 e. The van der Waals surface area contributed by atoms with Gasteiger partial charge in [0.25, 0.3) is 0 Å². The van der Waals surface area contributed by atoms with Gasteiger partial charge in [0.05, 0.1) is 5.01 Å². The zero-order valence-corrected chi connectivity index (χ0v) is 11.9. The molecule has 0 aromatic carbocycles. The Labute approximate surface area is 107 Å². The molecule has 0 bridgehead atoms. The summed E-state index contributed by atoms with van der Waals surface area (Å²) < 4.78 is 0. The maximum Gasteiger partial charge on any atom is 0.0897 e. The molecule has 0 saturated carbocycles. The molecule has 1 rings (SSSR count). The standard InChI is InChI=1S/C12H22N2S2/c1-11-14-10-12(16-11)9-13-7-5-3-4-6-8-15-2/h10,13H,3-9H2,1-2H3. The van der Waals surface area contributed by atoms with E-state index in [-0.39, 0.29) is 0 Å². The molecule has 16 heavy (non-hydrogen) atoms. The zero-order chi connectivity index (χ0) is 11.6. The molecular formula is C12H22N2S2. The summed E-state index contributed by atoms with van der Waals surface area (Å²) in [5.41, 5.74) is 0. The number of hydrogen-bond donors (Lipinski definition) is 1. The summed E-state index contributed by atoms with van der Waals surface area (Å²) in [7, 11) is 0. The third-order valence-corrected chi connectivity index (χ3v) is 4.03. The van der Waals surface area contributed by atoms with Gasteiger partial charge in [0.15, 0.2) is 0 Å². The van der Waals surface area contributed by atoms with Crippen molar-refractivity contribution >= 4 is 23.1 Å². The summed E-state index contributed by atoms with van der Waals surface area (Å²) >= 11 is 3.73. The Hall–Kier alpha value is -0.0600. The molecule has 2 nitrogen and oxygen atoms in total. The van der Waals surface area contributed by atoms with Crippen LogP contribution in [0.2, 0.25) is 0 Å². The lowest BCUT2D eigenvalue weighted by Gasteiger charge is -2.02. The first-order valence-corrected chi connectivity index (χ1v) is 8.15. The van der Waals surface area contributed by atoms with Crippen LogP contribution in [-0.2, 0) is 6.54 Å². The Kier molecular flexibility index (Phi) is 7.89. The third kappa shape index (κ3) is 6.51. The Balaban J connectivity index is 1.88. The van der Waals surface area contributed by atoms with Crippen LogP contribution in [0.1, 0.15) is 35.6 Å². The molecule has 0 aliphatic carbocycles. The van der Waals surface area contributed by atoms with Gasteiger partial charge in [-0.3, -0.25) is 0 Å². The van der Waals surface area contributed by atoms with E-state index in [1.54, 1.807) is 11.3 Å². The van der Waals surface area contributed by atoms with E-state index in [2.05, 4.69) is 23.5 Å². The number of thiazole rings is 1. The Morgan fingerprint density at radius 1 is 1.31 bits per heavy atom. The summed E-state index contributed by atoms with van der Waals surface area (Å²) in [6.45, 7) is 4.17. The van der Waals surface area contributed by atoms with Crippen LogP contribution in [0, 0.1) is 6.92 Å². The van der Waals surface area contributed by atoms with E-state index in [0.29, 0.717) is 0 Å². The van der Waals surface area contributed by atoms with Crippen molar-refractivity contribution in [3.8, 4) is 0 Å². The minimum atomic E-state index is 0.982. The fourth-order valence-electron chi connectivity index (χ4n) is 1.55. The highest BCUT2D eigenvalue weighted by molar-refractivity contribution is 7.98. The molecule has 0 aliphatic rings. The normalized spacial score (nSPS) is 10.9. The monoisotopic (exact) mass is 258 g/mol. The number of unbranched alkanes of at least 4 members (excludes halogenated alkanes) is 3. The Morgan fingerprint density at radius 3 is 2.81 bits per heavy atom. The molecule has 1 aromatic rings. The lowest BCUT2D eigenvalue weighted by Crippen LogP contribution is -2.13. The van der Waals surface area contributed by atoms with E-state index < -0.39 is 0 Å². The minimum absolute atomic E-state index is 0.982. The van der Waals surface area contributed by atoms with Crippen molar-refractivity contribution in [3.05, 3.63) is 16.1 Å². The average molecular weight is 258 g/mol. The quantitative estimate of drug-likeness (QED) is 0.687. The number of nitrogens with one attached hydrogen (secondary N) is 1. The van der Waals surface area contributed by atoms with Crippen LogP contribution in [0.4, 0.5) is 0 Å². The summed E-state index contributed by atoms with van der Waals surface area (Å²) in [4.78, 5) is 5.59. The van der Waals surface area contributed by atoms with Crippen molar-refractivity contribution in [1.82, 2.24) is 10.3 Å². The van der Waals surface area contributed by atoms with E-state index in [4.69, 9.17) is 0 Å². The fourth-order valence-corrected chi connectivity index (χ4v) is 2.81. The highest BCUT2D eigenvalue weighted by Crippen LogP contribution is 2.10. The van der Waals surface area contributed by atoms with Gasteiger partial charge in [-0.2, -0.15) is 11.8 Å². The van der Waals surface area contributed by atoms with E-state index in [9.17, 15) is 0 Å². The van der Waals surface area contributed by atoms with E-state index in [0.717, 1.165) is 18.1 Å². The Bertz CT molecular complexity index is 274. The molecule has 0 fully saturated rings. The maximum absolute atomic E-state index is 4.24. The van der Waals surface area contributed by atoms with Crippen molar-refractivity contribution in [2.24, 2.45) is 0 Å². The first-order valence-electron chi connectivity index (χ1n) is 5.94. The summed E-state index contributed by atoms with van der Waals surface area (Å²) in [6.07, 6.45) is 9.56. The highest BCUT2D eigenvalue weighted by Gasteiger charge is 1.96. The van der Waals surface area contributed by atoms with Crippen LogP contribution < -0.4 is 5.32 Å².